The van der Waals surface area contributed by atoms with Crippen LogP contribution in [0.25, 0.3) is 55.0 Å². The van der Waals surface area contributed by atoms with E-state index in [9.17, 15) is 0 Å². The van der Waals surface area contributed by atoms with Crippen LogP contribution in [0, 0.1) is 5.92 Å². The van der Waals surface area contributed by atoms with Gasteiger partial charge in [-0.3, -0.25) is 0 Å². The fraction of sp³-hybridized carbons (Fsp3) is 0.143. The molecule has 0 saturated heterocycles. The Morgan fingerprint density at radius 2 is 1.44 bits per heavy atom. The molecule has 252 valence electrons. The summed E-state index contributed by atoms with van der Waals surface area (Å²) < 4.78 is 9.25. The quantitative estimate of drug-likeness (QED) is 0.175. The smallest absolute Gasteiger partial charge is 0.160 e. The summed E-state index contributed by atoms with van der Waals surface area (Å²) in [4.78, 5) is 2.45. The molecule has 52 heavy (non-hydrogen) atoms. The van der Waals surface area contributed by atoms with Gasteiger partial charge in [-0.15, -0.1) is 0 Å². The van der Waals surface area contributed by atoms with Crippen LogP contribution in [0.1, 0.15) is 38.2 Å². The summed E-state index contributed by atoms with van der Waals surface area (Å²) in [5.41, 5.74) is 13.1. The third-order valence-corrected chi connectivity index (χ3v) is 11.1. The zero-order valence-electron chi connectivity index (χ0n) is 29.4. The number of furan rings is 1. The van der Waals surface area contributed by atoms with Crippen molar-refractivity contribution in [2.24, 2.45) is 5.92 Å². The number of fused-ring (bicyclic) bond motifs is 7. The van der Waals surface area contributed by atoms with E-state index in [-0.39, 0.29) is 6.04 Å². The highest BCUT2D eigenvalue weighted by Gasteiger charge is 2.25. The topological polar surface area (TPSA) is 21.3 Å². The van der Waals surface area contributed by atoms with Gasteiger partial charge in [0.05, 0.1) is 17.1 Å². The lowest BCUT2D eigenvalue weighted by Gasteiger charge is -2.32. The van der Waals surface area contributed by atoms with Crippen molar-refractivity contribution >= 4 is 60.7 Å². The molecule has 0 fully saturated rings. The molecule has 3 nitrogen and oxygen atoms in total. The summed E-state index contributed by atoms with van der Waals surface area (Å²) in [7, 11) is 0. The number of hydrogen-bond acceptors (Lipinski definition) is 2. The number of benzene rings is 5. The molecule has 0 spiro atoms. The second kappa shape index (κ2) is 12.6. The van der Waals surface area contributed by atoms with Crippen LogP contribution in [0.5, 0.6) is 0 Å². The Hall–Kier alpha value is -6.06. The Morgan fingerprint density at radius 3 is 2.23 bits per heavy atom. The summed E-state index contributed by atoms with van der Waals surface area (Å²) in [5, 5.41) is 4.81. The molecular weight excluding hydrogens is 633 g/mol. The van der Waals surface area contributed by atoms with Gasteiger partial charge in [0, 0.05) is 38.6 Å². The standard InChI is InChI=1S/C49H40N2O/c1-33-13-12-14-36(31-33)34-23-25-35(26-24-34)43-32-44-41-19-9-11-22-46(41)52-49(44)48-47(43)42-20-8-10-21-45(42)51(48)40-29-27-39(28-30-40)50(37-15-4-2-5-16-37)38-17-6-3-7-18-38/h2-12,14-17,19-23,25,27-33,38H,13,18,24,26H2,1H3. The van der Waals surface area contributed by atoms with Gasteiger partial charge in [-0.25, -0.2) is 0 Å². The molecule has 0 N–H and O–H groups in total. The lowest BCUT2D eigenvalue weighted by Crippen LogP contribution is -2.29. The number of aromatic nitrogens is 1. The van der Waals surface area contributed by atoms with Crippen molar-refractivity contribution in [3.63, 3.8) is 0 Å². The number of allylic oxidation sites excluding steroid dienone is 10. The first kappa shape index (κ1) is 30.7. The highest BCUT2D eigenvalue weighted by Crippen LogP contribution is 2.46. The predicted molar refractivity (Wildman–Crippen MR) is 220 cm³/mol. The van der Waals surface area contributed by atoms with E-state index in [4.69, 9.17) is 4.42 Å². The van der Waals surface area contributed by atoms with Crippen molar-refractivity contribution in [2.45, 2.75) is 38.6 Å². The van der Waals surface area contributed by atoms with E-state index in [1.165, 1.54) is 49.9 Å². The minimum Gasteiger partial charge on any atom is -0.454 e. The maximum Gasteiger partial charge on any atom is 0.160 e. The van der Waals surface area contributed by atoms with Crippen LogP contribution in [0.15, 0.2) is 179 Å². The summed E-state index contributed by atoms with van der Waals surface area (Å²) in [6, 6.07) is 39.8. The van der Waals surface area contributed by atoms with Crippen LogP contribution in [0.4, 0.5) is 11.4 Å². The fourth-order valence-corrected chi connectivity index (χ4v) is 8.65. The minimum absolute atomic E-state index is 0.247. The van der Waals surface area contributed by atoms with Crippen molar-refractivity contribution in [1.82, 2.24) is 4.57 Å². The molecule has 2 heterocycles. The lowest BCUT2D eigenvalue weighted by atomic mass is 9.85. The monoisotopic (exact) mass is 672 g/mol. The molecular formula is C49H40N2O. The normalized spacial score (nSPS) is 18.7. The molecule has 2 atom stereocenters. The average Bonchev–Trinajstić information content (AvgIpc) is 3.75. The Balaban J connectivity index is 1.18. The van der Waals surface area contributed by atoms with E-state index >= 15 is 0 Å². The highest BCUT2D eigenvalue weighted by atomic mass is 16.3. The van der Waals surface area contributed by atoms with Gasteiger partial charge in [-0.1, -0.05) is 116 Å². The molecule has 0 bridgehead atoms. The lowest BCUT2D eigenvalue weighted by molar-refractivity contribution is 0.671. The molecule has 10 rings (SSSR count). The third-order valence-electron chi connectivity index (χ3n) is 11.1. The first-order valence-corrected chi connectivity index (χ1v) is 18.7. The molecule has 5 aromatic carbocycles. The largest absolute Gasteiger partial charge is 0.454 e. The summed E-state index contributed by atoms with van der Waals surface area (Å²) in [6.07, 6.45) is 24.8. The van der Waals surface area contributed by atoms with Crippen molar-refractivity contribution in [3.8, 4) is 5.69 Å². The van der Waals surface area contributed by atoms with E-state index < -0.39 is 0 Å². The Kier molecular flexibility index (Phi) is 7.46. The Bertz CT molecular complexity index is 2690. The molecule has 0 radical (unpaired) electrons. The summed E-state index contributed by atoms with van der Waals surface area (Å²) >= 11 is 0. The van der Waals surface area contributed by atoms with Gasteiger partial charge in [-0.05, 0) is 108 Å². The summed E-state index contributed by atoms with van der Waals surface area (Å²) in [6.45, 7) is 2.31. The van der Waals surface area contributed by atoms with Crippen LogP contribution in [-0.2, 0) is 0 Å². The van der Waals surface area contributed by atoms with Gasteiger partial charge in [0.15, 0.2) is 5.58 Å². The molecule has 2 unspecified atom stereocenters. The zero-order valence-corrected chi connectivity index (χ0v) is 29.4. The molecule has 7 aromatic rings. The van der Waals surface area contributed by atoms with Gasteiger partial charge in [-0.2, -0.15) is 0 Å². The number of nitrogens with zero attached hydrogens (tertiary/aromatic N) is 2. The number of rotatable bonds is 6. The molecule has 3 heteroatoms. The van der Waals surface area contributed by atoms with Crippen molar-refractivity contribution in [3.05, 3.63) is 181 Å². The van der Waals surface area contributed by atoms with E-state index in [0.29, 0.717) is 5.92 Å². The fourth-order valence-electron chi connectivity index (χ4n) is 8.65. The molecule has 3 aliphatic carbocycles. The Morgan fingerprint density at radius 1 is 0.692 bits per heavy atom. The van der Waals surface area contributed by atoms with Crippen LogP contribution in [0.3, 0.4) is 0 Å². The maximum atomic E-state index is 6.82. The van der Waals surface area contributed by atoms with E-state index in [2.05, 4.69) is 180 Å². The number of anilines is 2. The third kappa shape index (κ3) is 5.11. The van der Waals surface area contributed by atoms with E-state index in [0.717, 1.165) is 58.8 Å². The van der Waals surface area contributed by atoms with Crippen molar-refractivity contribution < 1.29 is 4.42 Å². The van der Waals surface area contributed by atoms with Gasteiger partial charge in [0.25, 0.3) is 0 Å². The minimum atomic E-state index is 0.247. The maximum absolute atomic E-state index is 6.82. The SMILES string of the molecule is CC1C=C(C2=CC=C(c3cc4c5ccccc5oc4c4c3c3ccccc3n4-c3ccc(N(c4ccccc4)C4C=CC=CC4)cc3)CC2)C=CC1. The van der Waals surface area contributed by atoms with E-state index in [1.54, 1.807) is 0 Å². The zero-order chi connectivity index (χ0) is 34.6. The van der Waals surface area contributed by atoms with Crippen LogP contribution in [0.2, 0.25) is 0 Å². The predicted octanol–water partition coefficient (Wildman–Crippen LogP) is 13.3. The first-order valence-electron chi connectivity index (χ1n) is 18.7. The summed E-state index contributed by atoms with van der Waals surface area (Å²) in [5.74, 6) is 0.588. The second-order valence-corrected chi connectivity index (χ2v) is 14.4. The van der Waals surface area contributed by atoms with Gasteiger partial charge >= 0.3 is 0 Å². The molecule has 0 saturated carbocycles. The Labute approximate surface area is 304 Å². The number of para-hydroxylation sites is 3. The molecule has 3 aliphatic rings. The highest BCUT2D eigenvalue weighted by molar-refractivity contribution is 6.24. The van der Waals surface area contributed by atoms with Crippen LogP contribution < -0.4 is 4.90 Å². The number of hydrogen-bond donors (Lipinski definition) is 0. The van der Waals surface area contributed by atoms with E-state index in [1.807, 2.05) is 0 Å². The van der Waals surface area contributed by atoms with Gasteiger partial charge in [0.1, 0.15) is 5.58 Å². The van der Waals surface area contributed by atoms with Gasteiger partial charge < -0.3 is 13.9 Å². The first-order chi connectivity index (χ1) is 25.7. The average molecular weight is 673 g/mol. The van der Waals surface area contributed by atoms with Gasteiger partial charge in [0.2, 0.25) is 0 Å². The molecule has 0 aliphatic heterocycles. The second-order valence-electron chi connectivity index (χ2n) is 14.4. The van der Waals surface area contributed by atoms with Crippen LogP contribution in [-0.4, -0.2) is 10.6 Å². The van der Waals surface area contributed by atoms with Crippen molar-refractivity contribution in [2.75, 3.05) is 4.90 Å². The molecule has 0 amide bonds. The molecule has 2 aromatic heterocycles. The van der Waals surface area contributed by atoms with Crippen LogP contribution >= 0.6 is 0 Å². The van der Waals surface area contributed by atoms with Crippen molar-refractivity contribution in [1.29, 1.82) is 0 Å².